The number of imide groups is 1. The van der Waals surface area contributed by atoms with Crippen molar-refractivity contribution in [3.63, 3.8) is 0 Å². The zero-order valence-electron chi connectivity index (χ0n) is 15.1. The number of aliphatic hydroxyl groups excluding tert-OH is 1. The van der Waals surface area contributed by atoms with Gasteiger partial charge in [-0.05, 0) is 37.5 Å². The lowest BCUT2D eigenvalue weighted by Gasteiger charge is -2.33. The highest BCUT2D eigenvalue weighted by Gasteiger charge is 2.44. The minimum absolute atomic E-state index is 0.138. The normalized spacial score (nSPS) is 25.7. The first-order valence-corrected chi connectivity index (χ1v) is 9.34. The standard InChI is InChI=1S/C19H21N3O6/c23-15-4-3-14(16(24)20-15)22-17(25)12-2-1-11(9-13(12)18(22)26)21-7-5-10(6-8-21)19(27)28/h1-2,9-10,14,16,24H,3-8H2,(H,20,23)(H,27,28). The highest BCUT2D eigenvalue weighted by molar-refractivity contribution is 6.22. The predicted molar refractivity (Wildman–Crippen MR) is 96.7 cm³/mol. The van der Waals surface area contributed by atoms with Gasteiger partial charge in [0.1, 0.15) is 6.23 Å². The van der Waals surface area contributed by atoms with E-state index in [0.717, 1.165) is 10.6 Å². The molecule has 3 aliphatic rings. The number of aliphatic carboxylic acids is 1. The Bertz CT molecular complexity index is 861. The molecule has 9 nitrogen and oxygen atoms in total. The molecule has 0 aliphatic carbocycles. The Hall–Kier alpha value is -2.94. The first-order chi connectivity index (χ1) is 13.4. The molecule has 2 unspecified atom stereocenters. The van der Waals surface area contributed by atoms with Gasteiger partial charge in [0.2, 0.25) is 5.91 Å². The van der Waals surface area contributed by atoms with Crippen molar-refractivity contribution in [3.8, 4) is 0 Å². The molecule has 3 heterocycles. The van der Waals surface area contributed by atoms with Crippen molar-refractivity contribution < 1.29 is 29.4 Å². The smallest absolute Gasteiger partial charge is 0.306 e. The van der Waals surface area contributed by atoms with Gasteiger partial charge in [0, 0.05) is 25.2 Å². The SMILES string of the molecule is O=C1CCC(N2C(=O)c3ccc(N4CCC(C(=O)O)CC4)cc3C2=O)C(O)N1. The van der Waals surface area contributed by atoms with Crippen LogP contribution in [0, 0.1) is 5.92 Å². The number of piperidine rings is 2. The summed E-state index contributed by atoms with van der Waals surface area (Å²) < 4.78 is 0. The second-order valence-corrected chi connectivity index (χ2v) is 7.43. The van der Waals surface area contributed by atoms with Crippen molar-refractivity contribution in [3.05, 3.63) is 29.3 Å². The van der Waals surface area contributed by atoms with E-state index in [4.69, 9.17) is 5.11 Å². The highest BCUT2D eigenvalue weighted by Crippen LogP contribution is 2.32. The molecule has 3 N–H and O–H groups in total. The Morgan fingerprint density at radius 3 is 2.36 bits per heavy atom. The average molecular weight is 387 g/mol. The summed E-state index contributed by atoms with van der Waals surface area (Å²) in [4.78, 5) is 51.2. The summed E-state index contributed by atoms with van der Waals surface area (Å²) in [5, 5.41) is 21.6. The van der Waals surface area contributed by atoms with Crippen LogP contribution in [-0.4, -0.2) is 64.2 Å². The molecule has 0 spiro atoms. The quantitative estimate of drug-likeness (QED) is 0.632. The van der Waals surface area contributed by atoms with Crippen LogP contribution in [0.25, 0.3) is 0 Å². The second kappa shape index (κ2) is 6.90. The molecular weight excluding hydrogens is 366 g/mol. The van der Waals surface area contributed by atoms with Crippen LogP contribution in [0.15, 0.2) is 18.2 Å². The summed E-state index contributed by atoms with van der Waals surface area (Å²) in [7, 11) is 0. The van der Waals surface area contributed by atoms with Gasteiger partial charge in [0.05, 0.1) is 23.1 Å². The first-order valence-electron chi connectivity index (χ1n) is 9.34. The number of carbonyl (C=O) groups excluding carboxylic acids is 3. The minimum Gasteiger partial charge on any atom is -0.481 e. The molecule has 4 rings (SSSR count). The van der Waals surface area contributed by atoms with Crippen molar-refractivity contribution in [2.45, 2.75) is 38.0 Å². The van der Waals surface area contributed by atoms with Gasteiger partial charge in [-0.3, -0.25) is 24.1 Å². The molecule has 0 bridgehead atoms. The van der Waals surface area contributed by atoms with Crippen LogP contribution < -0.4 is 10.2 Å². The fourth-order valence-corrected chi connectivity index (χ4v) is 4.17. The number of hydrogen-bond donors (Lipinski definition) is 3. The Morgan fingerprint density at radius 1 is 1.04 bits per heavy atom. The maximum atomic E-state index is 12.9. The van der Waals surface area contributed by atoms with Crippen LogP contribution >= 0.6 is 0 Å². The molecule has 0 saturated carbocycles. The monoisotopic (exact) mass is 387 g/mol. The number of hydrogen-bond acceptors (Lipinski definition) is 6. The van der Waals surface area contributed by atoms with Gasteiger partial charge >= 0.3 is 5.97 Å². The third kappa shape index (κ3) is 3.01. The van der Waals surface area contributed by atoms with Crippen LogP contribution in [0.1, 0.15) is 46.4 Å². The van der Waals surface area contributed by atoms with E-state index in [1.54, 1.807) is 18.2 Å². The number of benzene rings is 1. The van der Waals surface area contributed by atoms with Crippen LogP contribution in [0.2, 0.25) is 0 Å². The number of nitrogens with zero attached hydrogens (tertiary/aromatic N) is 2. The Morgan fingerprint density at radius 2 is 1.71 bits per heavy atom. The Labute approximate surface area is 160 Å². The fourth-order valence-electron chi connectivity index (χ4n) is 4.17. The predicted octanol–water partition coefficient (Wildman–Crippen LogP) is 0.181. The summed E-state index contributed by atoms with van der Waals surface area (Å²) in [6, 6.07) is 4.22. The number of aliphatic hydroxyl groups is 1. The summed E-state index contributed by atoms with van der Waals surface area (Å²) in [5.74, 6) is -2.42. The second-order valence-electron chi connectivity index (χ2n) is 7.43. The number of carbonyl (C=O) groups is 4. The maximum absolute atomic E-state index is 12.9. The lowest BCUT2D eigenvalue weighted by atomic mass is 9.96. The molecule has 2 saturated heterocycles. The topological polar surface area (TPSA) is 127 Å². The molecule has 1 aromatic carbocycles. The molecule has 3 aliphatic heterocycles. The maximum Gasteiger partial charge on any atom is 0.306 e. The molecule has 9 heteroatoms. The summed E-state index contributed by atoms with van der Waals surface area (Å²) >= 11 is 0. The van der Waals surface area contributed by atoms with E-state index in [9.17, 15) is 24.3 Å². The Kier molecular flexibility index (Phi) is 4.54. The molecule has 0 aromatic heterocycles. The van der Waals surface area contributed by atoms with Crippen molar-refractivity contribution in [1.29, 1.82) is 0 Å². The number of carboxylic acids is 1. The number of fused-ring (bicyclic) bond motifs is 1. The van der Waals surface area contributed by atoms with Gasteiger partial charge in [-0.25, -0.2) is 0 Å². The van der Waals surface area contributed by atoms with E-state index in [1.165, 1.54) is 0 Å². The molecule has 0 radical (unpaired) electrons. The summed E-state index contributed by atoms with van der Waals surface area (Å²) in [5.41, 5.74) is 1.31. The largest absolute Gasteiger partial charge is 0.481 e. The zero-order chi connectivity index (χ0) is 20.0. The number of anilines is 1. The molecule has 3 amide bonds. The number of rotatable bonds is 3. The molecule has 28 heavy (non-hydrogen) atoms. The van der Waals surface area contributed by atoms with Gasteiger partial charge in [0.15, 0.2) is 0 Å². The molecule has 148 valence electrons. The summed E-state index contributed by atoms with van der Waals surface area (Å²) in [6.45, 7) is 1.13. The van der Waals surface area contributed by atoms with Crippen LogP contribution in [0.4, 0.5) is 5.69 Å². The van der Waals surface area contributed by atoms with E-state index in [1.807, 2.05) is 4.90 Å². The lowest BCUT2D eigenvalue weighted by molar-refractivity contribution is -0.142. The third-order valence-corrected chi connectivity index (χ3v) is 5.78. The number of nitrogens with one attached hydrogen (secondary N) is 1. The van der Waals surface area contributed by atoms with Crippen molar-refractivity contribution in [2.24, 2.45) is 5.92 Å². The van der Waals surface area contributed by atoms with Crippen LogP contribution in [0.5, 0.6) is 0 Å². The van der Waals surface area contributed by atoms with E-state index >= 15 is 0 Å². The van der Waals surface area contributed by atoms with Crippen molar-refractivity contribution >= 4 is 29.4 Å². The number of amides is 3. The van der Waals surface area contributed by atoms with E-state index < -0.39 is 30.1 Å². The molecule has 2 fully saturated rings. The van der Waals surface area contributed by atoms with E-state index in [-0.39, 0.29) is 35.8 Å². The van der Waals surface area contributed by atoms with Crippen LogP contribution in [0.3, 0.4) is 0 Å². The van der Waals surface area contributed by atoms with Crippen molar-refractivity contribution in [2.75, 3.05) is 18.0 Å². The molecule has 2 atom stereocenters. The molecular formula is C19H21N3O6. The van der Waals surface area contributed by atoms with E-state index in [0.29, 0.717) is 25.9 Å². The highest BCUT2D eigenvalue weighted by atomic mass is 16.4. The summed E-state index contributed by atoms with van der Waals surface area (Å²) in [6.07, 6.45) is 0.129. The van der Waals surface area contributed by atoms with Gasteiger partial charge in [-0.15, -0.1) is 0 Å². The lowest BCUT2D eigenvalue weighted by Crippen LogP contribution is -2.57. The van der Waals surface area contributed by atoms with Gasteiger partial charge in [-0.1, -0.05) is 0 Å². The van der Waals surface area contributed by atoms with Gasteiger partial charge < -0.3 is 20.4 Å². The van der Waals surface area contributed by atoms with Gasteiger partial charge in [-0.2, -0.15) is 0 Å². The average Bonchev–Trinajstić information content (AvgIpc) is 2.92. The van der Waals surface area contributed by atoms with Gasteiger partial charge in [0.25, 0.3) is 11.8 Å². The fraction of sp³-hybridized carbons (Fsp3) is 0.474. The third-order valence-electron chi connectivity index (χ3n) is 5.78. The number of carboxylic acid groups (broad SMARTS) is 1. The van der Waals surface area contributed by atoms with Crippen molar-refractivity contribution in [1.82, 2.24) is 10.2 Å². The Balaban J connectivity index is 1.55. The molecule has 1 aromatic rings. The zero-order valence-corrected chi connectivity index (χ0v) is 15.1. The first kappa shape index (κ1) is 18.4. The van der Waals surface area contributed by atoms with E-state index in [2.05, 4.69) is 5.32 Å². The minimum atomic E-state index is -1.28. The van der Waals surface area contributed by atoms with Crippen LogP contribution in [-0.2, 0) is 9.59 Å².